The third kappa shape index (κ3) is 3.14. The van der Waals surface area contributed by atoms with Crippen LogP contribution in [-0.4, -0.2) is 36.4 Å². The van der Waals surface area contributed by atoms with E-state index in [1.54, 1.807) is 0 Å². The molecule has 0 saturated carbocycles. The first-order chi connectivity index (χ1) is 14.3. The van der Waals surface area contributed by atoms with Gasteiger partial charge in [0.2, 0.25) is 5.82 Å². The van der Waals surface area contributed by atoms with E-state index in [4.69, 9.17) is 4.99 Å². The van der Waals surface area contributed by atoms with Crippen molar-refractivity contribution >= 4 is 22.3 Å². The first-order valence-electron chi connectivity index (χ1n) is 9.07. The molecule has 0 aliphatic carbocycles. The summed E-state index contributed by atoms with van der Waals surface area (Å²) in [7, 11) is 0. The summed E-state index contributed by atoms with van der Waals surface area (Å²) in [5, 5.41) is 25.6. The van der Waals surface area contributed by atoms with E-state index < -0.39 is 0 Å². The van der Waals surface area contributed by atoms with Gasteiger partial charge in [0.25, 0.3) is 0 Å². The Kier molecular flexibility index (Phi) is 4.10. The average molecular weight is 380 g/mol. The average Bonchev–Trinajstić information content (AvgIpc) is 3.41. The smallest absolute Gasteiger partial charge is 0.204 e. The first-order valence-corrected chi connectivity index (χ1v) is 9.07. The summed E-state index contributed by atoms with van der Waals surface area (Å²) in [6.07, 6.45) is 0. The van der Waals surface area contributed by atoms with E-state index in [1.165, 1.54) is 0 Å². The fourth-order valence-corrected chi connectivity index (χ4v) is 3.33. The van der Waals surface area contributed by atoms with Crippen LogP contribution in [-0.2, 0) is 0 Å². The third-order valence-electron chi connectivity index (χ3n) is 4.68. The maximum absolute atomic E-state index is 10.6. The van der Waals surface area contributed by atoms with Crippen LogP contribution in [0.25, 0.3) is 22.3 Å². The van der Waals surface area contributed by atoms with Crippen molar-refractivity contribution in [1.82, 2.24) is 25.6 Å². The SMILES string of the molecule is Oc1[nH]c2ccccc2c1C(=Nc1ccc(-c2nn[nH]n2)cc1)c1ccccc1. The van der Waals surface area contributed by atoms with Crippen LogP contribution in [0, 0.1) is 0 Å². The van der Waals surface area contributed by atoms with Gasteiger partial charge in [0.05, 0.1) is 17.0 Å². The number of nitrogens with one attached hydrogen (secondary N) is 2. The Morgan fingerprint density at radius 1 is 0.862 bits per heavy atom. The summed E-state index contributed by atoms with van der Waals surface area (Å²) in [5.41, 5.74) is 4.72. The Hall–Kier alpha value is -4.26. The van der Waals surface area contributed by atoms with Crippen LogP contribution in [0.4, 0.5) is 5.69 Å². The summed E-state index contributed by atoms with van der Waals surface area (Å²) in [6.45, 7) is 0. The van der Waals surface area contributed by atoms with Crippen LogP contribution in [0.5, 0.6) is 5.88 Å². The number of rotatable bonds is 4. The van der Waals surface area contributed by atoms with Gasteiger partial charge in [0, 0.05) is 22.0 Å². The van der Waals surface area contributed by atoms with Crippen LogP contribution in [0.3, 0.4) is 0 Å². The van der Waals surface area contributed by atoms with Gasteiger partial charge in [-0.05, 0) is 35.5 Å². The molecule has 7 nitrogen and oxygen atoms in total. The number of nitrogens with zero attached hydrogens (tertiary/aromatic N) is 4. The molecule has 3 N–H and O–H groups in total. The molecule has 0 bridgehead atoms. The van der Waals surface area contributed by atoms with Gasteiger partial charge in [-0.1, -0.05) is 48.5 Å². The molecule has 5 aromatic rings. The second-order valence-electron chi connectivity index (χ2n) is 6.50. The van der Waals surface area contributed by atoms with Crippen molar-refractivity contribution in [3.63, 3.8) is 0 Å². The number of aromatic amines is 2. The van der Waals surface area contributed by atoms with Gasteiger partial charge in [0.15, 0.2) is 5.88 Å². The molecule has 0 saturated heterocycles. The zero-order chi connectivity index (χ0) is 19.6. The minimum absolute atomic E-state index is 0.0946. The first kappa shape index (κ1) is 16.9. The quantitative estimate of drug-likeness (QED) is 0.406. The molecule has 0 amide bonds. The highest BCUT2D eigenvalue weighted by Gasteiger charge is 2.18. The lowest BCUT2D eigenvalue weighted by molar-refractivity contribution is 0.457. The zero-order valence-electron chi connectivity index (χ0n) is 15.2. The highest BCUT2D eigenvalue weighted by molar-refractivity contribution is 6.21. The molecule has 3 aromatic carbocycles. The number of para-hydroxylation sites is 1. The molecule has 0 radical (unpaired) electrons. The van der Waals surface area contributed by atoms with Gasteiger partial charge < -0.3 is 10.1 Å². The summed E-state index contributed by atoms with van der Waals surface area (Å²) in [6, 6.07) is 25.2. The van der Waals surface area contributed by atoms with E-state index in [0.717, 1.165) is 27.7 Å². The summed E-state index contributed by atoms with van der Waals surface area (Å²) < 4.78 is 0. The number of fused-ring (bicyclic) bond motifs is 1. The van der Waals surface area contributed by atoms with Crippen LogP contribution >= 0.6 is 0 Å². The van der Waals surface area contributed by atoms with Gasteiger partial charge in [-0.25, -0.2) is 4.99 Å². The van der Waals surface area contributed by atoms with E-state index in [0.29, 0.717) is 17.1 Å². The Morgan fingerprint density at radius 3 is 2.38 bits per heavy atom. The fraction of sp³-hybridized carbons (Fsp3) is 0. The molecule has 0 atom stereocenters. The lowest BCUT2D eigenvalue weighted by atomic mass is 10.0. The highest BCUT2D eigenvalue weighted by Crippen LogP contribution is 2.31. The zero-order valence-corrected chi connectivity index (χ0v) is 15.2. The number of aromatic hydroxyl groups is 1. The van der Waals surface area contributed by atoms with Crippen molar-refractivity contribution in [2.24, 2.45) is 4.99 Å². The van der Waals surface area contributed by atoms with E-state index in [1.807, 2.05) is 78.9 Å². The van der Waals surface area contributed by atoms with Crippen LogP contribution < -0.4 is 0 Å². The molecule has 0 spiro atoms. The lowest BCUT2D eigenvalue weighted by Crippen LogP contribution is -2.02. The summed E-state index contributed by atoms with van der Waals surface area (Å²) in [5.74, 6) is 0.621. The largest absolute Gasteiger partial charge is 0.494 e. The Labute approximate surface area is 165 Å². The minimum Gasteiger partial charge on any atom is -0.494 e. The minimum atomic E-state index is 0.0946. The fourth-order valence-electron chi connectivity index (χ4n) is 3.33. The van der Waals surface area contributed by atoms with Crippen molar-refractivity contribution in [2.75, 3.05) is 0 Å². The molecule has 0 aliphatic heterocycles. The molecule has 5 rings (SSSR count). The summed E-state index contributed by atoms with van der Waals surface area (Å²) >= 11 is 0. The number of aromatic nitrogens is 5. The predicted molar refractivity (Wildman–Crippen MR) is 111 cm³/mol. The molecule has 0 fully saturated rings. The maximum Gasteiger partial charge on any atom is 0.204 e. The van der Waals surface area contributed by atoms with E-state index in [2.05, 4.69) is 25.6 Å². The maximum atomic E-state index is 10.6. The molecule has 7 heteroatoms. The number of aliphatic imine (C=N–C) groups is 1. The van der Waals surface area contributed by atoms with Crippen molar-refractivity contribution in [1.29, 1.82) is 0 Å². The molecule has 0 unspecified atom stereocenters. The van der Waals surface area contributed by atoms with Gasteiger partial charge >= 0.3 is 0 Å². The number of hydrogen-bond acceptors (Lipinski definition) is 5. The lowest BCUT2D eigenvalue weighted by Gasteiger charge is -2.08. The van der Waals surface area contributed by atoms with Crippen molar-refractivity contribution in [3.05, 3.63) is 90.0 Å². The van der Waals surface area contributed by atoms with Gasteiger partial charge in [0.1, 0.15) is 0 Å². The number of hydrogen-bond donors (Lipinski definition) is 3. The Morgan fingerprint density at radius 2 is 1.62 bits per heavy atom. The van der Waals surface area contributed by atoms with Crippen LogP contribution in [0.2, 0.25) is 0 Å². The monoisotopic (exact) mass is 380 g/mol. The van der Waals surface area contributed by atoms with Gasteiger partial charge in [-0.3, -0.25) is 0 Å². The Balaban J connectivity index is 1.66. The topological polar surface area (TPSA) is 103 Å². The summed E-state index contributed by atoms with van der Waals surface area (Å²) in [4.78, 5) is 7.92. The third-order valence-corrected chi connectivity index (χ3v) is 4.68. The van der Waals surface area contributed by atoms with Crippen molar-refractivity contribution in [3.8, 4) is 17.3 Å². The Bertz CT molecular complexity index is 1290. The number of H-pyrrole nitrogens is 2. The van der Waals surface area contributed by atoms with Crippen molar-refractivity contribution < 1.29 is 5.11 Å². The van der Waals surface area contributed by atoms with Gasteiger partial charge in [-0.15, -0.1) is 10.2 Å². The molecular formula is C22H16N6O. The van der Waals surface area contributed by atoms with E-state index in [9.17, 15) is 5.11 Å². The molecule has 140 valence electrons. The van der Waals surface area contributed by atoms with Gasteiger partial charge in [-0.2, -0.15) is 5.21 Å². The second kappa shape index (κ2) is 7.05. The van der Waals surface area contributed by atoms with Crippen LogP contribution in [0.15, 0.2) is 83.9 Å². The number of tetrazole rings is 1. The van der Waals surface area contributed by atoms with Crippen LogP contribution in [0.1, 0.15) is 11.1 Å². The van der Waals surface area contributed by atoms with E-state index in [-0.39, 0.29) is 5.88 Å². The molecule has 2 aromatic heterocycles. The van der Waals surface area contributed by atoms with E-state index >= 15 is 0 Å². The number of benzene rings is 3. The molecule has 0 aliphatic rings. The standard InChI is InChI=1S/C22H16N6O/c29-22-19(17-8-4-5-9-18(17)24-22)20(14-6-2-1-3-7-14)23-16-12-10-15(11-13-16)21-25-27-28-26-21/h1-13,24,29H,(H,25,26,27,28). The normalized spacial score (nSPS) is 11.8. The molecule has 2 heterocycles. The second-order valence-corrected chi connectivity index (χ2v) is 6.50. The predicted octanol–water partition coefficient (Wildman–Crippen LogP) is 4.22. The molecular weight excluding hydrogens is 364 g/mol. The molecule has 29 heavy (non-hydrogen) atoms. The van der Waals surface area contributed by atoms with Crippen molar-refractivity contribution in [2.45, 2.75) is 0 Å². The highest BCUT2D eigenvalue weighted by atomic mass is 16.3.